The molecule has 2 aromatic rings. The van der Waals surface area contributed by atoms with Gasteiger partial charge in [0.25, 0.3) is 5.69 Å². The number of anilines is 1. The molecule has 1 unspecified atom stereocenters. The second-order valence-corrected chi connectivity index (χ2v) is 4.41. The third-order valence-corrected chi connectivity index (χ3v) is 3.07. The molecule has 0 saturated heterocycles. The molecule has 0 bridgehead atoms. The second-order valence-electron chi connectivity index (χ2n) is 4.41. The lowest BCUT2D eigenvalue weighted by Crippen LogP contribution is -2.08. The maximum atomic E-state index is 10.6. The topological polar surface area (TPSA) is 64.4 Å². The van der Waals surface area contributed by atoms with Crippen LogP contribution in [0, 0.1) is 10.1 Å². The molecule has 0 radical (unpaired) electrons. The van der Waals surface area contributed by atoms with E-state index in [1.54, 1.807) is 19.2 Å². The fraction of sp³-hybridized carbons (Fsp3) is 0.200. The van der Waals surface area contributed by atoms with Crippen molar-refractivity contribution in [2.45, 2.75) is 13.0 Å². The van der Waals surface area contributed by atoms with E-state index in [2.05, 4.69) is 5.32 Å². The molecule has 0 aromatic heterocycles. The van der Waals surface area contributed by atoms with E-state index < -0.39 is 4.92 Å². The highest BCUT2D eigenvalue weighted by Gasteiger charge is 2.11. The van der Waals surface area contributed by atoms with Gasteiger partial charge in [0, 0.05) is 23.4 Å². The summed E-state index contributed by atoms with van der Waals surface area (Å²) in [5.74, 6) is 0.814. The molecule has 0 amide bonds. The van der Waals surface area contributed by atoms with Gasteiger partial charge in [0.05, 0.1) is 18.1 Å². The maximum Gasteiger partial charge on any atom is 0.269 e. The van der Waals surface area contributed by atoms with Crippen molar-refractivity contribution < 1.29 is 9.66 Å². The number of nitro groups is 1. The third kappa shape index (κ3) is 3.06. The molecule has 0 fully saturated rings. The number of hydrogen-bond acceptors (Lipinski definition) is 4. The fourth-order valence-electron chi connectivity index (χ4n) is 2.03. The molecular weight excluding hydrogens is 256 g/mol. The minimum Gasteiger partial charge on any atom is -0.496 e. The lowest BCUT2D eigenvalue weighted by atomic mass is 10.1. The number of hydrogen-bond donors (Lipinski definition) is 1. The summed E-state index contributed by atoms with van der Waals surface area (Å²) >= 11 is 0. The Hall–Kier alpha value is -2.56. The minimum atomic E-state index is -0.409. The Morgan fingerprint density at radius 2 is 1.80 bits per heavy atom. The standard InChI is InChI=1S/C15H16N2O3/c1-11(14-5-3-4-6-15(14)20-2)16-12-7-9-13(10-8-12)17(18)19/h3-11,16H,1-2H3. The Labute approximate surface area is 117 Å². The lowest BCUT2D eigenvalue weighted by molar-refractivity contribution is -0.384. The van der Waals surface area contributed by atoms with Crippen molar-refractivity contribution in [3.8, 4) is 5.75 Å². The first kappa shape index (κ1) is 13.9. The van der Waals surface area contributed by atoms with Gasteiger partial charge in [0.15, 0.2) is 0 Å². The Kier molecular flexibility index (Phi) is 4.20. The molecule has 1 atom stereocenters. The summed E-state index contributed by atoms with van der Waals surface area (Å²) < 4.78 is 5.33. The average Bonchev–Trinajstić information content (AvgIpc) is 2.47. The van der Waals surface area contributed by atoms with Crippen LogP contribution in [0.25, 0.3) is 0 Å². The first-order chi connectivity index (χ1) is 9.61. The van der Waals surface area contributed by atoms with Gasteiger partial charge in [-0.3, -0.25) is 10.1 Å². The van der Waals surface area contributed by atoms with Gasteiger partial charge in [-0.2, -0.15) is 0 Å². The van der Waals surface area contributed by atoms with Gasteiger partial charge in [-0.05, 0) is 25.1 Å². The highest BCUT2D eigenvalue weighted by Crippen LogP contribution is 2.27. The highest BCUT2D eigenvalue weighted by molar-refractivity contribution is 5.51. The molecule has 0 spiro atoms. The van der Waals surface area contributed by atoms with E-state index in [-0.39, 0.29) is 11.7 Å². The zero-order valence-corrected chi connectivity index (χ0v) is 11.4. The monoisotopic (exact) mass is 272 g/mol. The molecule has 5 heteroatoms. The summed E-state index contributed by atoms with van der Waals surface area (Å²) in [6, 6.07) is 14.2. The van der Waals surface area contributed by atoms with Crippen LogP contribution in [-0.2, 0) is 0 Å². The number of para-hydroxylation sites is 1. The average molecular weight is 272 g/mol. The van der Waals surface area contributed by atoms with Gasteiger partial charge in [0.2, 0.25) is 0 Å². The molecule has 0 saturated carbocycles. The van der Waals surface area contributed by atoms with Gasteiger partial charge in [-0.15, -0.1) is 0 Å². The predicted octanol–water partition coefficient (Wildman–Crippen LogP) is 3.78. The summed E-state index contributed by atoms with van der Waals surface area (Å²) in [5.41, 5.74) is 1.95. The number of benzene rings is 2. The first-order valence-electron chi connectivity index (χ1n) is 6.25. The SMILES string of the molecule is COc1ccccc1C(C)Nc1ccc([N+](=O)[O-])cc1. The van der Waals surface area contributed by atoms with Crippen LogP contribution in [0.1, 0.15) is 18.5 Å². The van der Waals surface area contributed by atoms with E-state index in [1.807, 2.05) is 31.2 Å². The molecule has 104 valence electrons. The fourth-order valence-corrected chi connectivity index (χ4v) is 2.03. The maximum absolute atomic E-state index is 10.6. The van der Waals surface area contributed by atoms with Crippen molar-refractivity contribution in [1.82, 2.24) is 0 Å². The number of ether oxygens (including phenoxy) is 1. The summed E-state index contributed by atoms with van der Waals surface area (Å²) in [5, 5.41) is 13.9. The number of non-ortho nitro benzene ring substituents is 1. The number of nitrogens with zero attached hydrogens (tertiary/aromatic N) is 1. The van der Waals surface area contributed by atoms with E-state index in [0.717, 1.165) is 17.0 Å². The molecule has 0 aliphatic heterocycles. The van der Waals surface area contributed by atoms with Crippen molar-refractivity contribution in [2.24, 2.45) is 0 Å². The summed E-state index contributed by atoms with van der Waals surface area (Å²) in [7, 11) is 1.64. The number of nitrogens with one attached hydrogen (secondary N) is 1. The van der Waals surface area contributed by atoms with E-state index in [0.29, 0.717) is 0 Å². The van der Waals surface area contributed by atoms with Crippen LogP contribution in [0.4, 0.5) is 11.4 Å². The predicted molar refractivity (Wildman–Crippen MR) is 78.1 cm³/mol. The Bertz CT molecular complexity index is 596. The summed E-state index contributed by atoms with van der Waals surface area (Å²) in [6.07, 6.45) is 0. The molecule has 0 aliphatic carbocycles. The van der Waals surface area contributed by atoms with Gasteiger partial charge in [0.1, 0.15) is 5.75 Å². The molecule has 2 rings (SSSR count). The van der Waals surface area contributed by atoms with Gasteiger partial charge in [-0.1, -0.05) is 18.2 Å². The van der Waals surface area contributed by atoms with Crippen LogP contribution < -0.4 is 10.1 Å². The quantitative estimate of drug-likeness (QED) is 0.664. The van der Waals surface area contributed by atoms with Gasteiger partial charge < -0.3 is 10.1 Å². The molecule has 0 heterocycles. The van der Waals surface area contributed by atoms with Crippen LogP contribution in [0.5, 0.6) is 5.75 Å². The van der Waals surface area contributed by atoms with Crippen molar-refractivity contribution >= 4 is 11.4 Å². The van der Waals surface area contributed by atoms with Crippen LogP contribution in [0.3, 0.4) is 0 Å². The largest absolute Gasteiger partial charge is 0.496 e. The first-order valence-corrected chi connectivity index (χ1v) is 6.25. The lowest BCUT2D eigenvalue weighted by Gasteiger charge is -2.18. The van der Waals surface area contributed by atoms with E-state index in [9.17, 15) is 10.1 Å². The normalized spacial score (nSPS) is 11.7. The summed E-state index contributed by atoms with van der Waals surface area (Å²) in [6.45, 7) is 2.01. The zero-order chi connectivity index (χ0) is 14.5. The Morgan fingerprint density at radius 3 is 2.40 bits per heavy atom. The smallest absolute Gasteiger partial charge is 0.269 e. The minimum absolute atomic E-state index is 0.0348. The van der Waals surface area contributed by atoms with Crippen LogP contribution >= 0.6 is 0 Å². The van der Waals surface area contributed by atoms with E-state index >= 15 is 0 Å². The van der Waals surface area contributed by atoms with Crippen LogP contribution in [-0.4, -0.2) is 12.0 Å². The van der Waals surface area contributed by atoms with Crippen molar-refractivity contribution in [3.05, 3.63) is 64.2 Å². The summed E-state index contributed by atoms with van der Waals surface area (Å²) in [4.78, 5) is 10.2. The second kappa shape index (κ2) is 6.06. The van der Waals surface area contributed by atoms with Crippen molar-refractivity contribution in [2.75, 3.05) is 12.4 Å². The molecule has 0 aliphatic rings. The molecule has 2 aromatic carbocycles. The highest BCUT2D eigenvalue weighted by atomic mass is 16.6. The van der Waals surface area contributed by atoms with E-state index in [1.165, 1.54) is 12.1 Å². The van der Waals surface area contributed by atoms with Crippen LogP contribution in [0.2, 0.25) is 0 Å². The third-order valence-electron chi connectivity index (χ3n) is 3.07. The number of rotatable bonds is 5. The van der Waals surface area contributed by atoms with Crippen molar-refractivity contribution in [1.29, 1.82) is 0 Å². The Morgan fingerprint density at radius 1 is 1.15 bits per heavy atom. The molecule has 5 nitrogen and oxygen atoms in total. The van der Waals surface area contributed by atoms with Crippen molar-refractivity contribution in [3.63, 3.8) is 0 Å². The van der Waals surface area contributed by atoms with Gasteiger partial charge >= 0.3 is 0 Å². The van der Waals surface area contributed by atoms with E-state index in [4.69, 9.17) is 4.74 Å². The zero-order valence-electron chi connectivity index (χ0n) is 11.4. The molecule has 20 heavy (non-hydrogen) atoms. The van der Waals surface area contributed by atoms with Gasteiger partial charge in [-0.25, -0.2) is 0 Å². The number of methoxy groups -OCH3 is 1. The molecule has 1 N–H and O–H groups in total. The Balaban J connectivity index is 2.14. The number of nitro benzene ring substituents is 1. The molecular formula is C15H16N2O3. The van der Waals surface area contributed by atoms with Crippen LogP contribution in [0.15, 0.2) is 48.5 Å².